The molecule has 0 aliphatic carbocycles. The first kappa shape index (κ1) is 16.0. The molecule has 0 aromatic carbocycles. The largest absolute Gasteiger partial charge is 0.377 e. The zero-order chi connectivity index (χ0) is 15.3. The van der Waals surface area contributed by atoms with Gasteiger partial charge in [-0.2, -0.15) is 0 Å². The van der Waals surface area contributed by atoms with Crippen LogP contribution in [0.25, 0.3) is 0 Å². The fourth-order valence-corrected chi connectivity index (χ4v) is 2.43. The molecule has 1 aliphatic heterocycles. The second-order valence-electron chi connectivity index (χ2n) is 5.71. The van der Waals surface area contributed by atoms with Gasteiger partial charge in [0.1, 0.15) is 18.2 Å². The summed E-state index contributed by atoms with van der Waals surface area (Å²) in [5.41, 5.74) is -0.0705. The second-order valence-corrected chi connectivity index (χ2v) is 5.71. The summed E-state index contributed by atoms with van der Waals surface area (Å²) in [5.74, 6) is 2.50. The van der Waals surface area contributed by atoms with E-state index in [1.807, 2.05) is 13.0 Å². The number of morpholine rings is 1. The molecule has 0 radical (unpaired) electrons. The number of nitrogens with one attached hydrogen (secondary N) is 1. The van der Waals surface area contributed by atoms with Gasteiger partial charge in [-0.15, -0.1) is 0 Å². The van der Waals surface area contributed by atoms with Gasteiger partial charge >= 0.3 is 0 Å². The maximum atomic E-state index is 5.58. The van der Waals surface area contributed by atoms with Crippen LogP contribution in [0.5, 0.6) is 0 Å². The van der Waals surface area contributed by atoms with E-state index < -0.39 is 0 Å². The second kappa shape index (κ2) is 7.04. The lowest BCUT2D eigenvalue weighted by Gasteiger charge is -2.43. The highest BCUT2D eigenvalue weighted by Crippen LogP contribution is 2.27. The summed E-state index contributed by atoms with van der Waals surface area (Å²) in [5, 5.41) is 3.27. The van der Waals surface area contributed by atoms with Crippen LogP contribution in [-0.2, 0) is 16.1 Å². The lowest BCUT2D eigenvalue weighted by molar-refractivity contribution is 0.0637. The van der Waals surface area contributed by atoms with Gasteiger partial charge in [0.05, 0.1) is 18.8 Å². The summed E-state index contributed by atoms with van der Waals surface area (Å²) in [6.45, 7) is 12.6. The van der Waals surface area contributed by atoms with Crippen LogP contribution in [0.3, 0.4) is 0 Å². The van der Waals surface area contributed by atoms with Gasteiger partial charge in [0.25, 0.3) is 0 Å². The summed E-state index contributed by atoms with van der Waals surface area (Å²) < 4.78 is 11.0. The maximum Gasteiger partial charge on any atom is 0.158 e. The Kier molecular flexibility index (Phi) is 5.36. The van der Waals surface area contributed by atoms with Crippen molar-refractivity contribution in [3.63, 3.8) is 0 Å². The van der Waals surface area contributed by atoms with E-state index >= 15 is 0 Å². The molecule has 1 aromatic heterocycles. The summed E-state index contributed by atoms with van der Waals surface area (Å²) >= 11 is 0. The number of aromatic nitrogens is 2. The van der Waals surface area contributed by atoms with Crippen molar-refractivity contribution in [3.8, 4) is 0 Å². The van der Waals surface area contributed by atoms with Crippen LogP contribution < -0.4 is 10.2 Å². The molecule has 1 fully saturated rings. The van der Waals surface area contributed by atoms with Crippen LogP contribution in [0.2, 0.25) is 0 Å². The van der Waals surface area contributed by atoms with Crippen molar-refractivity contribution in [2.75, 3.05) is 43.1 Å². The lowest BCUT2D eigenvalue weighted by Crippen LogP contribution is -2.53. The minimum absolute atomic E-state index is 0.0705. The van der Waals surface area contributed by atoms with Gasteiger partial charge in [0.15, 0.2) is 5.82 Å². The van der Waals surface area contributed by atoms with Crippen LogP contribution >= 0.6 is 0 Å². The third kappa shape index (κ3) is 4.04. The van der Waals surface area contributed by atoms with E-state index in [0.29, 0.717) is 25.6 Å². The number of nitrogens with zero attached hydrogens (tertiary/aromatic N) is 3. The van der Waals surface area contributed by atoms with E-state index in [0.717, 1.165) is 31.3 Å². The van der Waals surface area contributed by atoms with E-state index in [1.54, 1.807) is 0 Å². The standard InChI is InChI=1S/C15H26N4O2/c1-5-16-12-9-14(18-13(17-12)10-20-6-2)19-7-8-21-11-15(19,3)4/h9H,5-8,10-11H2,1-4H3,(H,16,17,18). The molecule has 0 unspecified atom stereocenters. The van der Waals surface area contributed by atoms with E-state index in [2.05, 4.69) is 41.0 Å². The average Bonchev–Trinajstić information content (AvgIpc) is 2.44. The molecule has 1 aliphatic rings. The van der Waals surface area contributed by atoms with Crippen molar-refractivity contribution < 1.29 is 9.47 Å². The Morgan fingerprint density at radius 3 is 2.86 bits per heavy atom. The van der Waals surface area contributed by atoms with Crippen LogP contribution in [0.4, 0.5) is 11.6 Å². The van der Waals surface area contributed by atoms with Crippen molar-refractivity contribution in [1.82, 2.24) is 9.97 Å². The van der Waals surface area contributed by atoms with Crippen LogP contribution in [0.1, 0.15) is 33.5 Å². The predicted octanol–water partition coefficient (Wildman–Crippen LogP) is 2.06. The Morgan fingerprint density at radius 1 is 1.38 bits per heavy atom. The molecule has 118 valence electrons. The van der Waals surface area contributed by atoms with Gasteiger partial charge in [-0.3, -0.25) is 0 Å². The van der Waals surface area contributed by atoms with Crippen LogP contribution in [0, 0.1) is 0 Å². The Labute approximate surface area is 126 Å². The van der Waals surface area contributed by atoms with E-state index in [-0.39, 0.29) is 5.54 Å². The molecular weight excluding hydrogens is 268 g/mol. The highest BCUT2D eigenvalue weighted by molar-refractivity contribution is 5.51. The molecule has 0 saturated carbocycles. The quantitative estimate of drug-likeness (QED) is 0.866. The summed E-state index contributed by atoms with van der Waals surface area (Å²) in [6.07, 6.45) is 0. The molecule has 0 spiro atoms. The molecule has 0 amide bonds. The van der Waals surface area contributed by atoms with Gasteiger partial charge < -0.3 is 19.7 Å². The van der Waals surface area contributed by atoms with Gasteiger partial charge in [0, 0.05) is 25.8 Å². The minimum Gasteiger partial charge on any atom is -0.377 e. The number of rotatable bonds is 6. The topological polar surface area (TPSA) is 59.5 Å². The molecule has 6 nitrogen and oxygen atoms in total. The van der Waals surface area contributed by atoms with Crippen molar-refractivity contribution >= 4 is 11.6 Å². The van der Waals surface area contributed by atoms with E-state index in [9.17, 15) is 0 Å². The van der Waals surface area contributed by atoms with Crippen molar-refractivity contribution in [2.45, 2.75) is 39.8 Å². The number of ether oxygens (including phenoxy) is 2. The Balaban J connectivity index is 2.29. The fourth-order valence-electron chi connectivity index (χ4n) is 2.43. The molecule has 0 atom stereocenters. The summed E-state index contributed by atoms with van der Waals surface area (Å²) in [6, 6.07) is 2.01. The highest BCUT2D eigenvalue weighted by atomic mass is 16.5. The monoisotopic (exact) mass is 294 g/mol. The van der Waals surface area contributed by atoms with E-state index in [4.69, 9.17) is 9.47 Å². The van der Waals surface area contributed by atoms with Crippen LogP contribution in [0.15, 0.2) is 6.07 Å². The lowest BCUT2D eigenvalue weighted by atomic mass is 10.0. The normalized spacial score (nSPS) is 17.8. The first-order valence-corrected chi connectivity index (χ1v) is 7.61. The molecule has 2 heterocycles. The third-order valence-corrected chi connectivity index (χ3v) is 3.47. The minimum atomic E-state index is -0.0705. The van der Waals surface area contributed by atoms with Gasteiger partial charge in [-0.1, -0.05) is 0 Å². The summed E-state index contributed by atoms with van der Waals surface area (Å²) in [7, 11) is 0. The van der Waals surface area contributed by atoms with Crippen molar-refractivity contribution in [2.24, 2.45) is 0 Å². The van der Waals surface area contributed by atoms with E-state index in [1.165, 1.54) is 0 Å². The van der Waals surface area contributed by atoms with Gasteiger partial charge in [-0.05, 0) is 27.7 Å². The number of hydrogen-bond acceptors (Lipinski definition) is 6. The predicted molar refractivity (Wildman–Crippen MR) is 83.8 cm³/mol. The molecule has 1 aromatic rings. The van der Waals surface area contributed by atoms with Crippen molar-refractivity contribution in [3.05, 3.63) is 11.9 Å². The molecule has 6 heteroatoms. The zero-order valence-electron chi connectivity index (χ0n) is 13.5. The Hall–Kier alpha value is -1.40. The number of hydrogen-bond donors (Lipinski definition) is 1. The molecule has 2 rings (SSSR count). The third-order valence-electron chi connectivity index (χ3n) is 3.47. The smallest absolute Gasteiger partial charge is 0.158 e. The number of anilines is 2. The van der Waals surface area contributed by atoms with Gasteiger partial charge in [-0.25, -0.2) is 9.97 Å². The Bertz CT molecular complexity index is 465. The summed E-state index contributed by atoms with van der Waals surface area (Å²) in [4.78, 5) is 11.5. The fraction of sp³-hybridized carbons (Fsp3) is 0.733. The average molecular weight is 294 g/mol. The van der Waals surface area contributed by atoms with Crippen LogP contribution in [-0.4, -0.2) is 48.4 Å². The highest BCUT2D eigenvalue weighted by Gasteiger charge is 2.32. The molecule has 0 bridgehead atoms. The van der Waals surface area contributed by atoms with Gasteiger partial charge in [0.2, 0.25) is 0 Å². The SMILES string of the molecule is CCNc1cc(N2CCOCC2(C)C)nc(COCC)n1. The first-order chi connectivity index (χ1) is 10.1. The molecule has 1 saturated heterocycles. The zero-order valence-corrected chi connectivity index (χ0v) is 13.5. The first-order valence-electron chi connectivity index (χ1n) is 7.61. The Morgan fingerprint density at radius 2 is 2.19 bits per heavy atom. The maximum absolute atomic E-state index is 5.58. The molecule has 1 N–H and O–H groups in total. The molecular formula is C15H26N4O2. The molecule has 21 heavy (non-hydrogen) atoms. The van der Waals surface area contributed by atoms with Crippen molar-refractivity contribution in [1.29, 1.82) is 0 Å².